The summed E-state index contributed by atoms with van der Waals surface area (Å²) < 4.78 is 0. The summed E-state index contributed by atoms with van der Waals surface area (Å²) in [6, 6.07) is 0. The number of aldehydes is 1. The number of carbonyl (C=O) groups excluding carboxylic acids is 1. The molecule has 3 heteroatoms. The maximum atomic E-state index is 10.4. The Bertz CT molecular complexity index is 394. The second-order valence-electron chi connectivity index (χ2n) is 10.3. The van der Waals surface area contributed by atoms with Gasteiger partial charge in [0.25, 0.3) is 0 Å². The van der Waals surface area contributed by atoms with E-state index in [4.69, 9.17) is 5.11 Å². The van der Waals surface area contributed by atoms with Gasteiger partial charge in [-0.3, -0.25) is 4.79 Å². The molecule has 0 saturated carbocycles. The van der Waals surface area contributed by atoms with Crippen molar-refractivity contribution in [2.75, 3.05) is 0 Å². The summed E-state index contributed by atoms with van der Waals surface area (Å²) in [5, 5.41) is 8.61. The number of hydrogen-bond donors (Lipinski definition) is 1. The van der Waals surface area contributed by atoms with E-state index in [0.717, 1.165) is 32.0 Å². The normalized spacial score (nSPS) is 11.2. The SMILES string of the molecule is O=CCCCCCCCCCCCCCCCCCCCCCCCCCCCCC(=O)O. The number of carboxylic acids is 1. The zero-order chi connectivity index (χ0) is 24.1. The van der Waals surface area contributed by atoms with Crippen LogP contribution in [0, 0.1) is 0 Å². The number of rotatable bonds is 29. The summed E-state index contributed by atoms with van der Waals surface area (Å²) in [4.78, 5) is 20.7. The van der Waals surface area contributed by atoms with Gasteiger partial charge in [-0.15, -0.1) is 0 Å². The molecular formula is C30H58O3. The van der Waals surface area contributed by atoms with Gasteiger partial charge in [-0.25, -0.2) is 0 Å². The van der Waals surface area contributed by atoms with Gasteiger partial charge < -0.3 is 9.90 Å². The highest BCUT2D eigenvalue weighted by Crippen LogP contribution is 2.16. The van der Waals surface area contributed by atoms with Crippen LogP contribution < -0.4 is 0 Å². The first kappa shape index (κ1) is 32.1. The van der Waals surface area contributed by atoms with Crippen LogP contribution in [0.1, 0.15) is 180 Å². The van der Waals surface area contributed by atoms with E-state index in [9.17, 15) is 9.59 Å². The molecule has 0 heterocycles. The number of aliphatic carboxylic acids is 1. The lowest BCUT2D eigenvalue weighted by atomic mass is 10.0. The van der Waals surface area contributed by atoms with E-state index in [1.54, 1.807) is 0 Å². The Balaban J connectivity index is 3.01. The summed E-state index contributed by atoms with van der Waals surface area (Å²) in [5.41, 5.74) is 0. The minimum Gasteiger partial charge on any atom is -0.481 e. The zero-order valence-corrected chi connectivity index (χ0v) is 22.1. The first-order valence-electron chi connectivity index (χ1n) is 14.9. The number of unbranched alkanes of at least 4 members (excludes halogenated alkanes) is 26. The summed E-state index contributed by atoms with van der Waals surface area (Å²) in [7, 11) is 0. The smallest absolute Gasteiger partial charge is 0.303 e. The van der Waals surface area contributed by atoms with Gasteiger partial charge in [0.05, 0.1) is 0 Å². The van der Waals surface area contributed by atoms with Crippen LogP contribution in [-0.4, -0.2) is 17.4 Å². The van der Waals surface area contributed by atoms with Crippen LogP contribution in [0.2, 0.25) is 0 Å². The standard InChI is InChI=1S/C30H58O3/c31-29-27-25-23-21-19-17-15-13-11-9-7-5-3-1-2-4-6-8-10-12-14-16-18-20-22-24-26-28-30(32)33/h29H,1-28H2,(H,32,33). The average molecular weight is 467 g/mol. The second-order valence-corrected chi connectivity index (χ2v) is 10.3. The highest BCUT2D eigenvalue weighted by molar-refractivity contribution is 5.66. The topological polar surface area (TPSA) is 54.4 Å². The van der Waals surface area contributed by atoms with Crippen LogP contribution >= 0.6 is 0 Å². The molecule has 0 fully saturated rings. The summed E-state index contributed by atoms with van der Waals surface area (Å²) in [6.07, 6.45) is 37.0. The van der Waals surface area contributed by atoms with Crippen LogP contribution in [-0.2, 0) is 9.59 Å². The van der Waals surface area contributed by atoms with Crippen molar-refractivity contribution in [3.63, 3.8) is 0 Å². The lowest BCUT2D eigenvalue weighted by Crippen LogP contribution is -1.93. The van der Waals surface area contributed by atoms with Crippen molar-refractivity contribution in [1.29, 1.82) is 0 Å². The Morgan fingerprint density at radius 2 is 0.606 bits per heavy atom. The number of carboxylic acid groups (broad SMARTS) is 1. The Kier molecular flexibility index (Phi) is 28.4. The largest absolute Gasteiger partial charge is 0.481 e. The third-order valence-corrected chi connectivity index (χ3v) is 6.96. The Labute approximate surface area is 206 Å². The molecule has 0 saturated heterocycles. The van der Waals surface area contributed by atoms with E-state index >= 15 is 0 Å². The van der Waals surface area contributed by atoms with Crippen molar-refractivity contribution in [3.05, 3.63) is 0 Å². The van der Waals surface area contributed by atoms with Gasteiger partial charge >= 0.3 is 5.97 Å². The predicted molar refractivity (Wildman–Crippen MR) is 143 cm³/mol. The molecule has 0 aliphatic heterocycles. The van der Waals surface area contributed by atoms with Crippen molar-refractivity contribution in [2.45, 2.75) is 180 Å². The van der Waals surface area contributed by atoms with Gasteiger partial charge in [0.1, 0.15) is 6.29 Å². The third-order valence-electron chi connectivity index (χ3n) is 6.96. The van der Waals surface area contributed by atoms with Gasteiger partial charge in [0.2, 0.25) is 0 Å². The van der Waals surface area contributed by atoms with Crippen LogP contribution in [0.15, 0.2) is 0 Å². The maximum Gasteiger partial charge on any atom is 0.303 e. The molecule has 0 radical (unpaired) electrons. The molecule has 0 aliphatic carbocycles. The minimum atomic E-state index is -0.654. The molecule has 0 bridgehead atoms. The van der Waals surface area contributed by atoms with E-state index in [0.29, 0.717) is 6.42 Å². The Morgan fingerprint density at radius 3 is 0.818 bits per heavy atom. The van der Waals surface area contributed by atoms with E-state index in [1.165, 1.54) is 148 Å². The third kappa shape index (κ3) is 31.1. The van der Waals surface area contributed by atoms with Crippen LogP contribution in [0.3, 0.4) is 0 Å². The first-order chi connectivity index (χ1) is 16.3. The first-order valence-corrected chi connectivity index (χ1v) is 14.9. The Morgan fingerprint density at radius 1 is 0.394 bits per heavy atom. The molecule has 0 atom stereocenters. The molecule has 0 aromatic heterocycles. The van der Waals surface area contributed by atoms with Crippen LogP contribution in [0.25, 0.3) is 0 Å². The minimum absolute atomic E-state index is 0.341. The van der Waals surface area contributed by atoms with E-state index in [2.05, 4.69) is 0 Å². The molecule has 0 amide bonds. The van der Waals surface area contributed by atoms with E-state index in [1.807, 2.05) is 0 Å². The molecular weight excluding hydrogens is 408 g/mol. The molecule has 0 aromatic carbocycles. The fraction of sp³-hybridized carbons (Fsp3) is 0.933. The number of carbonyl (C=O) groups is 2. The van der Waals surface area contributed by atoms with E-state index in [-0.39, 0.29) is 0 Å². The lowest BCUT2D eigenvalue weighted by Gasteiger charge is -2.04. The Hall–Kier alpha value is -0.860. The van der Waals surface area contributed by atoms with Crippen molar-refractivity contribution in [3.8, 4) is 0 Å². The molecule has 0 spiro atoms. The summed E-state index contributed by atoms with van der Waals surface area (Å²) >= 11 is 0. The molecule has 196 valence electrons. The average Bonchev–Trinajstić information content (AvgIpc) is 2.80. The maximum absolute atomic E-state index is 10.4. The lowest BCUT2D eigenvalue weighted by molar-refractivity contribution is -0.137. The molecule has 3 nitrogen and oxygen atoms in total. The quantitative estimate of drug-likeness (QED) is 0.0880. The van der Waals surface area contributed by atoms with E-state index < -0.39 is 5.97 Å². The molecule has 0 aliphatic rings. The molecule has 0 aromatic rings. The molecule has 33 heavy (non-hydrogen) atoms. The van der Waals surface area contributed by atoms with Crippen LogP contribution in [0.5, 0.6) is 0 Å². The number of hydrogen-bond acceptors (Lipinski definition) is 2. The molecule has 1 N–H and O–H groups in total. The van der Waals surface area contributed by atoms with Gasteiger partial charge in [0, 0.05) is 12.8 Å². The second kappa shape index (κ2) is 29.2. The van der Waals surface area contributed by atoms with Crippen molar-refractivity contribution < 1.29 is 14.7 Å². The van der Waals surface area contributed by atoms with Gasteiger partial charge in [-0.05, 0) is 12.8 Å². The van der Waals surface area contributed by atoms with Gasteiger partial charge in [-0.1, -0.05) is 154 Å². The van der Waals surface area contributed by atoms with Crippen molar-refractivity contribution in [2.24, 2.45) is 0 Å². The van der Waals surface area contributed by atoms with Crippen molar-refractivity contribution >= 4 is 12.3 Å². The van der Waals surface area contributed by atoms with Crippen molar-refractivity contribution in [1.82, 2.24) is 0 Å². The highest BCUT2D eigenvalue weighted by Gasteiger charge is 1.98. The molecule has 0 unspecified atom stereocenters. The fourth-order valence-electron chi connectivity index (χ4n) is 4.75. The monoisotopic (exact) mass is 466 g/mol. The summed E-state index contributed by atoms with van der Waals surface area (Å²) in [6.45, 7) is 0. The molecule has 0 rings (SSSR count). The van der Waals surface area contributed by atoms with Crippen LogP contribution in [0.4, 0.5) is 0 Å². The summed E-state index contributed by atoms with van der Waals surface area (Å²) in [5.74, 6) is -0.654. The van der Waals surface area contributed by atoms with Gasteiger partial charge in [-0.2, -0.15) is 0 Å². The van der Waals surface area contributed by atoms with Gasteiger partial charge in [0.15, 0.2) is 0 Å². The fourth-order valence-corrected chi connectivity index (χ4v) is 4.75. The predicted octanol–water partition coefficient (Wildman–Crippen LogP) is 10.2. The highest BCUT2D eigenvalue weighted by atomic mass is 16.4. The zero-order valence-electron chi connectivity index (χ0n) is 22.1.